The number of nitrogens with zero attached hydrogens (tertiary/aromatic N) is 2. The molecule has 1 aromatic rings. The largest absolute Gasteiger partial charge is 0.333 e. The van der Waals surface area contributed by atoms with Gasteiger partial charge in [0.15, 0.2) is 0 Å². The Labute approximate surface area is 167 Å². The van der Waals surface area contributed by atoms with E-state index in [-0.39, 0.29) is 28.3 Å². The Hall–Kier alpha value is -1.69. The Balaban J connectivity index is 2.03. The van der Waals surface area contributed by atoms with Crippen LogP contribution in [0, 0.1) is 0 Å². The lowest BCUT2D eigenvalue weighted by Crippen LogP contribution is -2.49. The summed E-state index contributed by atoms with van der Waals surface area (Å²) in [6.45, 7) is 13.5. The number of hydrogen-bond donors (Lipinski definition) is 1. The van der Waals surface area contributed by atoms with E-state index in [1.165, 1.54) is 5.56 Å². The number of thioether (sulfide) groups is 1. The van der Waals surface area contributed by atoms with Crippen LogP contribution in [0.4, 0.5) is 4.79 Å². The molecule has 0 saturated carbocycles. The van der Waals surface area contributed by atoms with Gasteiger partial charge in [0.1, 0.15) is 5.37 Å². The molecule has 150 valence electrons. The maximum absolute atomic E-state index is 12.4. The van der Waals surface area contributed by atoms with Crippen molar-refractivity contribution < 1.29 is 9.59 Å². The van der Waals surface area contributed by atoms with Gasteiger partial charge in [-0.1, -0.05) is 45.0 Å². The summed E-state index contributed by atoms with van der Waals surface area (Å²) in [5.41, 5.74) is 2.26. The summed E-state index contributed by atoms with van der Waals surface area (Å²) in [6.07, 6.45) is 0. The number of likely N-dealkylation sites (N-methyl/N-ethyl adjacent to an activating group) is 1. The lowest BCUT2D eigenvalue weighted by atomic mass is 9.87. The number of benzene rings is 1. The molecule has 1 N–H and O–H groups in total. The van der Waals surface area contributed by atoms with Crippen LogP contribution in [0.3, 0.4) is 0 Å². The molecule has 0 bridgehead atoms. The first-order valence-corrected chi connectivity index (χ1v) is 10.5. The molecule has 27 heavy (non-hydrogen) atoms. The summed E-state index contributed by atoms with van der Waals surface area (Å²) in [6, 6.07) is 8.44. The Morgan fingerprint density at radius 1 is 1.19 bits per heavy atom. The summed E-state index contributed by atoms with van der Waals surface area (Å²) in [5, 5.41) is 2.97. The van der Waals surface area contributed by atoms with Gasteiger partial charge in [-0.2, -0.15) is 0 Å². The molecule has 1 fully saturated rings. The molecular formula is C21H33N3O2S. The second-order valence-electron chi connectivity index (χ2n) is 9.22. The van der Waals surface area contributed by atoms with Gasteiger partial charge in [-0.05, 0) is 37.3 Å². The Morgan fingerprint density at radius 3 is 2.30 bits per heavy atom. The fourth-order valence-electron chi connectivity index (χ4n) is 2.90. The highest BCUT2D eigenvalue weighted by Gasteiger charge is 2.33. The van der Waals surface area contributed by atoms with E-state index in [1.54, 1.807) is 23.7 Å². The Bertz CT molecular complexity index is 674. The molecule has 3 amide bonds. The quantitative estimate of drug-likeness (QED) is 0.844. The van der Waals surface area contributed by atoms with Crippen molar-refractivity contribution in [2.45, 2.75) is 57.9 Å². The first kappa shape index (κ1) is 21.6. The molecule has 1 saturated heterocycles. The van der Waals surface area contributed by atoms with Crippen molar-refractivity contribution in [2.75, 3.05) is 25.9 Å². The molecule has 0 unspecified atom stereocenters. The van der Waals surface area contributed by atoms with Crippen molar-refractivity contribution >= 4 is 23.7 Å². The minimum absolute atomic E-state index is 0.0191. The molecule has 6 heteroatoms. The maximum atomic E-state index is 12.4. The predicted octanol–water partition coefficient (Wildman–Crippen LogP) is 4.00. The van der Waals surface area contributed by atoms with E-state index in [0.29, 0.717) is 18.8 Å². The molecule has 2 rings (SSSR count). The molecule has 5 nitrogen and oxygen atoms in total. The summed E-state index contributed by atoms with van der Waals surface area (Å²) in [4.78, 5) is 28.1. The van der Waals surface area contributed by atoms with Crippen LogP contribution in [-0.2, 0) is 10.2 Å². The minimum Gasteiger partial charge on any atom is -0.333 e. The van der Waals surface area contributed by atoms with E-state index in [9.17, 15) is 9.59 Å². The third kappa shape index (κ3) is 5.89. The summed E-state index contributed by atoms with van der Waals surface area (Å²) in [7, 11) is 1.77. The van der Waals surface area contributed by atoms with E-state index in [0.717, 1.165) is 5.56 Å². The second kappa shape index (κ2) is 8.13. The number of amides is 3. The van der Waals surface area contributed by atoms with Gasteiger partial charge < -0.3 is 15.1 Å². The van der Waals surface area contributed by atoms with Crippen LogP contribution in [0.15, 0.2) is 24.3 Å². The predicted molar refractivity (Wildman–Crippen MR) is 113 cm³/mol. The average Bonchev–Trinajstić information content (AvgIpc) is 2.91. The topological polar surface area (TPSA) is 52.7 Å². The molecule has 0 aromatic heterocycles. The Morgan fingerprint density at radius 2 is 1.78 bits per heavy atom. The first-order valence-electron chi connectivity index (χ1n) is 9.43. The van der Waals surface area contributed by atoms with Crippen molar-refractivity contribution in [1.29, 1.82) is 0 Å². The molecule has 0 radical (unpaired) electrons. The van der Waals surface area contributed by atoms with E-state index < -0.39 is 0 Å². The van der Waals surface area contributed by atoms with Crippen LogP contribution in [-0.4, -0.2) is 53.2 Å². The SMILES string of the molecule is CN(CCN1C(=O)CS[C@@H]1c1ccc(C(C)(C)C)cc1)C(=O)NC(C)(C)C. The highest BCUT2D eigenvalue weighted by atomic mass is 32.2. The number of urea groups is 1. The molecule has 1 aromatic carbocycles. The van der Waals surface area contributed by atoms with E-state index in [2.05, 4.69) is 50.4 Å². The van der Waals surface area contributed by atoms with Crippen LogP contribution in [0.2, 0.25) is 0 Å². The maximum Gasteiger partial charge on any atom is 0.317 e. The van der Waals surface area contributed by atoms with Crippen LogP contribution >= 0.6 is 11.8 Å². The monoisotopic (exact) mass is 391 g/mol. The number of hydrogen-bond acceptors (Lipinski definition) is 3. The summed E-state index contributed by atoms with van der Waals surface area (Å²) in [5.74, 6) is 0.623. The molecule has 0 aliphatic carbocycles. The van der Waals surface area contributed by atoms with Gasteiger partial charge in [0.05, 0.1) is 5.75 Å². The molecule has 1 aliphatic heterocycles. The Kier molecular flexibility index (Phi) is 6.51. The highest BCUT2D eigenvalue weighted by molar-refractivity contribution is 8.00. The first-order chi connectivity index (χ1) is 12.4. The van der Waals surface area contributed by atoms with Crippen LogP contribution in [0.1, 0.15) is 58.0 Å². The van der Waals surface area contributed by atoms with Gasteiger partial charge in [-0.3, -0.25) is 4.79 Å². The van der Waals surface area contributed by atoms with E-state index in [4.69, 9.17) is 0 Å². The number of rotatable bonds is 4. The molecular weight excluding hydrogens is 358 g/mol. The lowest BCUT2D eigenvalue weighted by Gasteiger charge is -2.29. The third-order valence-electron chi connectivity index (χ3n) is 4.53. The average molecular weight is 392 g/mol. The zero-order chi connectivity index (χ0) is 20.4. The van der Waals surface area contributed by atoms with Crippen molar-refractivity contribution in [3.05, 3.63) is 35.4 Å². The number of carbonyl (C=O) groups is 2. The van der Waals surface area contributed by atoms with Crippen LogP contribution in [0.25, 0.3) is 0 Å². The van der Waals surface area contributed by atoms with E-state index >= 15 is 0 Å². The zero-order valence-corrected chi connectivity index (χ0v) is 18.4. The van der Waals surface area contributed by atoms with Crippen LogP contribution < -0.4 is 5.32 Å². The van der Waals surface area contributed by atoms with Crippen molar-refractivity contribution in [1.82, 2.24) is 15.1 Å². The summed E-state index contributed by atoms with van der Waals surface area (Å²) >= 11 is 1.65. The summed E-state index contributed by atoms with van der Waals surface area (Å²) < 4.78 is 0. The fourth-order valence-corrected chi connectivity index (χ4v) is 4.11. The molecule has 1 atom stereocenters. The third-order valence-corrected chi connectivity index (χ3v) is 5.79. The molecule has 1 heterocycles. The molecule has 0 spiro atoms. The van der Waals surface area contributed by atoms with Crippen molar-refractivity contribution in [3.8, 4) is 0 Å². The van der Waals surface area contributed by atoms with Gasteiger partial charge in [-0.15, -0.1) is 11.8 Å². The van der Waals surface area contributed by atoms with Gasteiger partial charge in [-0.25, -0.2) is 4.79 Å². The number of nitrogens with one attached hydrogen (secondary N) is 1. The van der Waals surface area contributed by atoms with Gasteiger partial charge in [0.25, 0.3) is 0 Å². The van der Waals surface area contributed by atoms with Crippen molar-refractivity contribution in [3.63, 3.8) is 0 Å². The van der Waals surface area contributed by atoms with Crippen LogP contribution in [0.5, 0.6) is 0 Å². The van der Waals surface area contributed by atoms with Gasteiger partial charge in [0, 0.05) is 25.7 Å². The van der Waals surface area contributed by atoms with Gasteiger partial charge in [0.2, 0.25) is 5.91 Å². The fraction of sp³-hybridized carbons (Fsp3) is 0.619. The minimum atomic E-state index is -0.276. The van der Waals surface area contributed by atoms with Gasteiger partial charge >= 0.3 is 6.03 Å². The normalized spacial score (nSPS) is 18.0. The number of carbonyl (C=O) groups excluding carboxylic acids is 2. The van der Waals surface area contributed by atoms with Crippen molar-refractivity contribution in [2.24, 2.45) is 0 Å². The lowest BCUT2D eigenvalue weighted by molar-refractivity contribution is -0.128. The zero-order valence-electron chi connectivity index (χ0n) is 17.6. The smallest absolute Gasteiger partial charge is 0.317 e. The highest BCUT2D eigenvalue weighted by Crippen LogP contribution is 2.39. The molecule has 1 aliphatic rings. The standard InChI is InChI=1S/C21H33N3O2S/c1-20(2,3)16-10-8-15(9-11-16)18-24(17(25)14-27-18)13-12-23(7)19(26)22-21(4,5)6/h8-11,18H,12-14H2,1-7H3,(H,22,26)/t18-/m1/s1. The second-order valence-corrected chi connectivity index (χ2v) is 10.3. The van der Waals surface area contributed by atoms with E-state index in [1.807, 2.05) is 25.7 Å².